The molecule has 1 heterocycles. The van der Waals surface area contributed by atoms with Crippen molar-refractivity contribution in [3.8, 4) is 0 Å². The van der Waals surface area contributed by atoms with Gasteiger partial charge in [0.05, 0.1) is 11.9 Å². The van der Waals surface area contributed by atoms with E-state index in [1.807, 2.05) is 0 Å². The van der Waals surface area contributed by atoms with Crippen LogP contribution in [0.2, 0.25) is 0 Å². The molecule has 2 amide bonds. The van der Waals surface area contributed by atoms with E-state index in [1.54, 1.807) is 0 Å². The first-order valence-electron chi connectivity index (χ1n) is 5.16. The molecule has 0 aliphatic carbocycles. The highest BCUT2D eigenvalue weighted by atomic mass is 32.2. The molecule has 0 bridgehead atoms. The lowest BCUT2D eigenvalue weighted by Gasteiger charge is -2.21. The molecule has 0 aromatic heterocycles. The molecule has 0 spiro atoms. The minimum atomic E-state index is -3.68. The van der Waals surface area contributed by atoms with Gasteiger partial charge in [-0.25, -0.2) is 23.1 Å². The zero-order chi connectivity index (χ0) is 13.9. The maximum atomic E-state index is 11.6. The van der Waals surface area contributed by atoms with Crippen molar-refractivity contribution in [2.45, 2.75) is 18.6 Å². The van der Waals surface area contributed by atoms with Gasteiger partial charge in [-0.2, -0.15) is 0 Å². The van der Waals surface area contributed by atoms with E-state index in [0.717, 1.165) is 4.90 Å². The number of aliphatic hydroxyl groups is 1. The van der Waals surface area contributed by atoms with Crippen LogP contribution >= 0.6 is 0 Å². The number of carbonyl (C=O) groups excluding carboxylic acids is 1. The largest absolute Gasteiger partial charge is 0.480 e. The van der Waals surface area contributed by atoms with Crippen molar-refractivity contribution in [1.82, 2.24) is 10.2 Å². The lowest BCUT2D eigenvalue weighted by Crippen LogP contribution is -2.47. The van der Waals surface area contributed by atoms with Crippen molar-refractivity contribution >= 4 is 22.0 Å². The van der Waals surface area contributed by atoms with Crippen LogP contribution in [0.15, 0.2) is 0 Å². The highest BCUT2D eigenvalue weighted by Gasteiger charge is 2.38. The van der Waals surface area contributed by atoms with Crippen LogP contribution in [0, 0.1) is 0 Å². The fraction of sp³-hybridized carbons (Fsp3) is 0.750. The van der Waals surface area contributed by atoms with Crippen LogP contribution < -0.4 is 10.5 Å². The number of carboxylic acid groups (broad SMARTS) is 1. The summed E-state index contributed by atoms with van der Waals surface area (Å²) in [5.41, 5.74) is 0. The molecule has 2 atom stereocenters. The van der Waals surface area contributed by atoms with Gasteiger partial charge in [-0.15, -0.1) is 0 Å². The fourth-order valence-corrected chi connectivity index (χ4v) is 2.06. The Labute approximate surface area is 104 Å². The Kier molecular flexibility index (Phi) is 4.48. The number of hydrogen-bond acceptors (Lipinski definition) is 5. The molecule has 0 aromatic carbocycles. The molecule has 1 fully saturated rings. The van der Waals surface area contributed by atoms with Gasteiger partial charge >= 0.3 is 12.0 Å². The van der Waals surface area contributed by atoms with Crippen molar-refractivity contribution in [3.63, 3.8) is 0 Å². The predicted octanol–water partition coefficient (Wildman–Crippen LogP) is -2.50. The summed E-state index contributed by atoms with van der Waals surface area (Å²) in [6.07, 6.45) is -0.937. The van der Waals surface area contributed by atoms with Crippen LogP contribution in [-0.2, 0) is 14.8 Å². The van der Waals surface area contributed by atoms with Crippen LogP contribution in [0.25, 0.3) is 0 Å². The molecule has 104 valence electrons. The number of hydrogen-bond donors (Lipinski definition) is 4. The Bertz CT molecular complexity index is 436. The van der Waals surface area contributed by atoms with Gasteiger partial charge in [-0.1, -0.05) is 0 Å². The number of amides is 2. The van der Waals surface area contributed by atoms with E-state index in [-0.39, 0.29) is 19.5 Å². The molecular formula is C8H15N3O6S. The third kappa shape index (κ3) is 4.13. The summed E-state index contributed by atoms with van der Waals surface area (Å²) in [5.74, 6) is -1.65. The smallest absolute Gasteiger partial charge is 0.326 e. The summed E-state index contributed by atoms with van der Waals surface area (Å²) in [6, 6.07) is -1.84. The van der Waals surface area contributed by atoms with E-state index in [4.69, 9.17) is 10.2 Å². The number of nitrogens with two attached hydrogens (primary N) is 1. The van der Waals surface area contributed by atoms with Crippen molar-refractivity contribution in [1.29, 1.82) is 0 Å². The van der Waals surface area contributed by atoms with E-state index in [1.165, 1.54) is 0 Å². The van der Waals surface area contributed by atoms with Crippen molar-refractivity contribution < 1.29 is 28.2 Å². The number of nitrogens with zero attached hydrogens (tertiary/aromatic N) is 1. The molecule has 5 N–H and O–H groups in total. The lowest BCUT2D eigenvalue weighted by atomic mass is 10.2. The van der Waals surface area contributed by atoms with Crippen molar-refractivity contribution in [2.24, 2.45) is 5.14 Å². The molecule has 0 radical (unpaired) electrons. The summed E-state index contributed by atoms with van der Waals surface area (Å²) in [4.78, 5) is 23.4. The van der Waals surface area contributed by atoms with E-state index >= 15 is 0 Å². The number of urea groups is 1. The monoisotopic (exact) mass is 281 g/mol. The quantitative estimate of drug-likeness (QED) is 0.447. The second kappa shape index (κ2) is 5.50. The number of likely N-dealkylation sites (tertiary alicyclic amines) is 1. The fourth-order valence-electron chi connectivity index (χ4n) is 1.67. The molecule has 1 aliphatic rings. The van der Waals surface area contributed by atoms with Crippen LogP contribution in [0.4, 0.5) is 4.79 Å². The molecular weight excluding hydrogens is 266 g/mol. The SMILES string of the molecule is NS(=O)(=O)CCNC(=O)N1CC(O)C[C@H]1C(=O)O. The summed E-state index contributed by atoms with van der Waals surface area (Å²) < 4.78 is 21.3. The number of carbonyl (C=O) groups is 2. The molecule has 0 saturated carbocycles. The zero-order valence-corrected chi connectivity index (χ0v) is 10.3. The van der Waals surface area contributed by atoms with Gasteiger partial charge < -0.3 is 20.4 Å². The molecule has 1 unspecified atom stereocenters. The Morgan fingerprint density at radius 2 is 2.06 bits per heavy atom. The maximum Gasteiger partial charge on any atom is 0.326 e. The Balaban J connectivity index is 2.53. The maximum absolute atomic E-state index is 11.6. The number of nitrogens with one attached hydrogen (secondary N) is 1. The van der Waals surface area contributed by atoms with E-state index < -0.39 is 39.9 Å². The van der Waals surface area contributed by atoms with Gasteiger partial charge in [0, 0.05) is 19.5 Å². The molecule has 9 nitrogen and oxygen atoms in total. The average molecular weight is 281 g/mol. The first kappa shape index (κ1) is 14.7. The van der Waals surface area contributed by atoms with Crippen molar-refractivity contribution in [3.05, 3.63) is 0 Å². The van der Waals surface area contributed by atoms with Gasteiger partial charge in [0.1, 0.15) is 6.04 Å². The normalized spacial score (nSPS) is 24.0. The first-order chi connectivity index (χ1) is 8.20. The van der Waals surface area contributed by atoms with Crippen LogP contribution in [-0.4, -0.2) is 66.5 Å². The average Bonchev–Trinajstić information content (AvgIpc) is 2.58. The highest BCUT2D eigenvalue weighted by Crippen LogP contribution is 2.17. The number of primary sulfonamides is 1. The standard InChI is InChI=1S/C8H15N3O6S/c9-18(16,17)2-1-10-8(15)11-4-5(12)3-6(11)7(13)14/h5-6,12H,1-4H2,(H,10,15)(H,13,14)(H2,9,16,17)/t5?,6-/m0/s1. The van der Waals surface area contributed by atoms with Crippen LogP contribution in [0.3, 0.4) is 0 Å². The Morgan fingerprint density at radius 1 is 1.44 bits per heavy atom. The Morgan fingerprint density at radius 3 is 2.56 bits per heavy atom. The van der Waals surface area contributed by atoms with E-state index in [9.17, 15) is 23.1 Å². The van der Waals surface area contributed by atoms with E-state index in [2.05, 4.69) is 5.32 Å². The summed E-state index contributed by atoms with van der Waals surface area (Å²) in [5, 5.41) is 25.2. The highest BCUT2D eigenvalue weighted by molar-refractivity contribution is 7.89. The molecule has 1 rings (SSSR count). The molecule has 1 saturated heterocycles. The lowest BCUT2D eigenvalue weighted by molar-refractivity contribution is -0.141. The minimum absolute atomic E-state index is 0.0437. The summed E-state index contributed by atoms with van der Waals surface area (Å²) in [7, 11) is -3.68. The minimum Gasteiger partial charge on any atom is -0.480 e. The van der Waals surface area contributed by atoms with Crippen LogP contribution in [0.5, 0.6) is 0 Å². The van der Waals surface area contributed by atoms with Gasteiger partial charge in [0.2, 0.25) is 10.0 Å². The summed E-state index contributed by atoms with van der Waals surface area (Å²) in [6.45, 7) is -0.311. The predicted molar refractivity (Wildman–Crippen MR) is 60.1 cm³/mol. The zero-order valence-electron chi connectivity index (χ0n) is 9.44. The molecule has 18 heavy (non-hydrogen) atoms. The number of aliphatic carboxylic acids is 1. The topological polar surface area (TPSA) is 150 Å². The molecule has 0 aromatic rings. The molecule has 1 aliphatic heterocycles. The first-order valence-corrected chi connectivity index (χ1v) is 6.88. The third-order valence-electron chi connectivity index (χ3n) is 2.49. The second-order valence-corrected chi connectivity index (χ2v) is 5.73. The van der Waals surface area contributed by atoms with Crippen LogP contribution in [0.1, 0.15) is 6.42 Å². The third-order valence-corrected chi connectivity index (χ3v) is 3.26. The van der Waals surface area contributed by atoms with Gasteiger partial charge in [0.25, 0.3) is 0 Å². The van der Waals surface area contributed by atoms with E-state index in [0.29, 0.717) is 0 Å². The molecule has 10 heteroatoms. The van der Waals surface area contributed by atoms with Gasteiger partial charge in [-0.3, -0.25) is 0 Å². The number of aliphatic hydroxyl groups excluding tert-OH is 1. The van der Waals surface area contributed by atoms with Gasteiger partial charge in [-0.05, 0) is 0 Å². The van der Waals surface area contributed by atoms with Crippen molar-refractivity contribution in [2.75, 3.05) is 18.8 Å². The number of sulfonamides is 1. The summed E-state index contributed by atoms with van der Waals surface area (Å²) >= 11 is 0. The number of rotatable bonds is 4. The Hall–Kier alpha value is -1.39. The number of carboxylic acids is 1. The second-order valence-electron chi connectivity index (χ2n) is 3.99. The van der Waals surface area contributed by atoms with Gasteiger partial charge in [0.15, 0.2) is 0 Å². The number of β-amino-alcohol motifs (C(OH)–C–C–N with tert-alkyl or cyclic N) is 1.